The molecule has 35 heavy (non-hydrogen) atoms. The fourth-order valence-electron chi connectivity index (χ4n) is 4.49. The van der Waals surface area contributed by atoms with Gasteiger partial charge in [-0.1, -0.05) is 34.6 Å². The molecule has 188 valence electrons. The molecule has 1 aromatic heterocycles. The van der Waals surface area contributed by atoms with Crippen LogP contribution >= 0.6 is 0 Å². The Kier molecular flexibility index (Phi) is 8.33. The van der Waals surface area contributed by atoms with Gasteiger partial charge < -0.3 is 19.6 Å². The van der Waals surface area contributed by atoms with E-state index in [0.29, 0.717) is 25.3 Å². The van der Waals surface area contributed by atoms with Crippen LogP contribution in [-0.2, 0) is 15.0 Å². The molecule has 1 atom stereocenters. The van der Waals surface area contributed by atoms with Gasteiger partial charge in [0.1, 0.15) is 11.5 Å². The van der Waals surface area contributed by atoms with Gasteiger partial charge in [0.05, 0.1) is 18.2 Å². The number of aromatic nitrogens is 1. The SMILES string of the molecule is CCOc1ccc(/C(O)=C2/C(=O)C(=O)N(CCN(CC)CC)C2c2ccncc2)cc1C(C)(C)C. The number of nitrogens with zero attached hydrogens (tertiary/aromatic N) is 3. The van der Waals surface area contributed by atoms with Gasteiger partial charge in [-0.05, 0) is 61.3 Å². The molecule has 1 aliphatic rings. The average molecular weight is 480 g/mol. The Morgan fingerprint density at radius 1 is 1.09 bits per heavy atom. The van der Waals surface area contributed by atoms with Crippen LogP contribution < -0.4 is 4.74 Å². The normalized spacial score (nSPS) is 17.9. The van der Waals surface area contributed by atoms with Crippen LogP contribution in [0.2, 0.25) is 0 Å². The summed E-state index contributed by atoms with van der Waals surface area (Å²) in [6, 6.07) is 8.30. The lowest BCUT2D eigenvalue weighted by atomic mass is 9.84. The molecule has 2 heterocycles. The van der Waals surface area contributed by atoms with Crippen LogP contribution in [0.4, 0.5) is 0 Å². The maximum absolute atomic E-state index is 13.3. The molecule has 7 nitrogen and oxygen atoms in total. The summed E-state index contributed by atoms with van der Waals surface area (Å²) < 4.78 is 5.81. The molecular formula is C28H37N3O4. The van der Waals surface area contributed by atoms with Gasteiger partial charge >= 0.3 is 0 Å². The van der Waals surface area contributed by atoms with Crippen molar-refractivity contribution in [3.8, 4) is 5.75 Å². The molecule has 0 bridgehead atoms. The molecule has 0 radical (unpaired) electrons. The number of aliphatic hydroxyl groups is 1. The molecule has 0 saturated carbocycles. The number of hydrogen-bond donors (Lipinski definition) is 1. The highest BCUT2D eigenvalue weighted by Gasteiger charge is 2.46. The Bertz CT molecular complexity index is 1090. The molecule has 1 N–H and O–H groups in total. The fraction of sp³-hybridized carbons (Fsp3) is 0.464. The summed E-state index contributed by atoms with van der Waals surface area (Å²) in [4.78, 5) is 34.3. The van der Waals surface area contributed by atoms with Crippen LogP contribution in [0, 0.1) is 0 Å². The predicted octanol–water partition coefficient (Wildman–Crippen LogP) is 4.54. The number of rotatable bonds is 9. The Morgan fingerprint density at radius 2 is 1.74 bits per heavy atom. The van der Waals surface area contributed by atoms with E-state index in [4.69, 9.17) is 4.74 Å². The molecule has 1 saturated heterocycles. The number of Topliss-reactive ketones (excluding diaryl/α,β-unsaturated/α-hetero) is 1. The van der Waals surface area contributed by atoms with Crippen molar-refractivity contribution in [2.24, 2.45) is 0 Å². The van der Waals surface area contributed by atoms with Crippen molar-refractivity contribution >= 4 is 17.4 Å². The smallest absolute Gasteiger partial charge is 0.295 e. The molecule has 1 aromatic carbocycles. The van der Waals surface area contributed by atoms with Crippen LogP contribution in [0.5, 0.6) is 5.75 Å². The van der Waals surface area contributed by atoms with Crippen LogP contribution in [0.25, 0.3) is 5.76 Å². The van der Waals surface area contributed by atoms with Crippen LogP contribution in [0.1, 0.15) is 64.3 Å². The van der Waals surface area contributed by atoms with E-state index in [0.717, 1.165) is 30.0 Å². The van der Waals surface area contributed by atoms with E-state index in [9.17, 15) is 14.7 Å². The van der Waals surface area contributed by atoms with Gasteiger partial charge in [-0.2, -0.15) is 0 Å². The van der Waals surface area contributed by atoms with Crippen molar-refractivity contribution in [1.29, 1.82) is 0 Å². The number of pyridine rings is 1. The molecule has 1 unspecified atom stereocenters. The quantitative estimate of drug-likeness (QED) is 0.323. The second-order valence-electron chi connectivity index (χ2n) is 9.69. The van der Waals surface area contributed by atoms with Crippen LogP contribution in [0.15, 0.2) is 48.3 Å². The number of aliphatic hydroxyl groups excluding tert-OH is 1. The monoisotopic (exact) mass is 479 g/mol. The highest BCUT2D eigenvalue weighted by atomic mass is 16.5. The molecule has 1 fully saturated rings. The standard InChI is InChI=1S/C28H37N3O4/c1-7-30(8-2)16-17-31-24(19-12-14-29-15-13-19)23(26(33)27(31)34)25(32)20-10-11-22(35-9-3)21(18-20)28(4,5)6/h10-15,18,24,32H,7-9,16-17H2,1-6H3/b25-23-. The topological polar surface area (TPSA) is 83.0 Å². The minimum atomic E-state index is -0.682. The second-order valence-corrected chi connectivity index (χ2v) is 9.69. The van der Waals surface area contributed by atoms with Crippen molar-refractivity contribution in [2.75, 3.05) is 32.8 Å². The Labute approximate surface area is 208 Å². The fourth-order valence-corrected chi connectivity index (χ4v) is 4.49. The Hall–Kier alpha value is -3.19. The number of ether oxygens (including phenoxy) is 1. The summed E-state index contributed by atoms with van der Waals surface area (Å²) in [5, 5.41) is 11.5. The molecular weight excluding hydrogens is 442 g/mol. The van der Waals surface area contributed by atoms with Crippen molar-refractivity contribution in [3.05, 3.63) is 65.0 Å². The van der Waals surface area contributed by atoms with E-state index in [1.165, 1.54) is 0 Å². The van der Waals surface area contributed by atoms with Gasteiger partial charge in [0.25, 0.3) is 11.7 Å². The third kappa shape index (κ3) is 5.56. The van der Waals surface area contributed by atoms with E-state index in [1.807, 2.05) is 19.1 Å². The van der Waals surface area contributed by atoms with Gasteiger partial charge in [0.15, 0.2) is 0 Å². The van der Waals surface area contributed by atoms with Crippen LogP contribution in [-0.4, -0.2) is 64.4 Å². The van der Waals surface area contributed by atoms with Crippen molar-refractivity contribution in [2.45, 2.75) is 53.0 Å². The third-order valence-corrected chi connectivity index (χ3v) is 6.47. The first-order valence-electron chi connectivity index (χ1n) is 12.3. The van der Waals surface area contributed by atoms with Gasteiger partial charge in [-0.25, -0.2) is 0 Å². The number of carbonyl (C=O) groups excluding carboxylic acids is 2. The van der Waals surface area contributed by atoms with Gasteiger partial charge in [-0.15, -0.1) is 0 Å². The Balaban J connectivity index is 2.14. The molecule has 7 heteroatoms. The molecule has 3 rings (SSSR count). The minimum Gasteiger partial charge on any atom is -0.507 e. The zero-order valence-corrected chi connectivity index (χ0v) is 21.7. The molecule has 1 amide bonds. The summed E-state index contributed by atoms with van der Waals surface area (Å²) >= 11 is 0. The zero-order valence-electron chi connectivity index (χ0n) is 21.7. The van der Waals surface area contributed by atoms with Gasteiger partial charge in [0.2, 0.25) is 0 Å². The average Bonchev–Trinajstić information content (AvgIpc) is 3.09. The Morgan fingerprint density at radius 3 is 2.31 bits per heavy atom. The summed E-state index contributed by atoms with van der Waals surface area (Å²) in [5.41, 5.74) is 1.99. The second kappa shape index (κ2) is 11.0. The first-order chi connectivity index (χ1) is 16.6. The summed E-state index contributed by atoms with van der Waals surface area (Å²) in [6.07, 6.45) is 3.27. The lowest BCUT2D eigenvalue weighted by Gasteiger charge is -2.28. The molecule has 0 aliphatic carbocycles. The zero-order chi connectivity index (χ0) is 25.8. The predicted molar refractivity (Wildman–Crippen MR) is 137 cm³/mol. The highest BCUT2D eigenvalue weighted by molar-refractivity contribution is 6.46. The number of benzene rings is 1. The number of hydrogen-bond acceptors (Lipinski definition) is 6. The molecule has 1 aliphatic heterocycles. The number of likely N-dealkylation sites (tertiary alicyclic amines) is 1. The van der Waals surface area contributed by atoms with E-state index < -0.39 is 17.7 Å². The number of likely N-dealkylation sites (N-methyl/N-ethyl adjacent to an activating group) is 1. The number of amides is 1. The van der Waals surface area contributed by atoms with E-state index in [-0.39, 0.29) is 16.7 Å². The maximum atomic E-state index is 13.3. The summed E-state index contributed by atoms with van der Waals surface area (Å²) in [6.45, 7) is 15.5. The molecule has 2 aromatic rings. The summed E-state index contributed by atoms with van der Waals surface area (Å²) in [7, 11) is 0. The van der Waals surface area contributed by atoms with E-state index in [1.54, 1.807) is 35.5 Å². The maximum Gasteiger partial charge on any atom is 0.295 e. The van der Waals surface area contributed by atoms with Crippen molar-refractivity contribution in [3.63, 3.8) is 0 Å². The molecule has 0 spiro atoms. The van der Waals surface area contributed by atoms with E-state index >= 15 is 0 Å². The lowest BCUT2D eigenvalue weighted by molar-refractivity contribution is -0.140. The number of ketones is 1. The van der Waals surface area contributed by atoms with E-state index in [2.05, 4.69) is 44.5 Å². The van der Waals surface area contributed by atoms with Crippen molar-refractivity contribution in [1.82, 2.24) is 14.8 Å². The minimum absolute atomic E-state index is 0.102. The van der Waals surface area contributed by atoms with Crippen LogP contribution in [0.3, 0.4) is 0 Å². The van der Waals surface area contributed by atoms with Gasteiger partial charge in [0, 0.05) is 36.6 Å². The summed E-state index contributed by atoms with van der Waals surface area (Å²) in [5.74, 6) is -0.705. The number of carbonyl (C=O) groups is 2. The highest BCUT2D eigenvalue weighted by Crippen LogP contribution is 2.40. The third-order valence-electron chi connectivity index (χ3n) is 6.47. The first kappa shape index (κ1) is 26.4. The van der Waals surface area contributed by atoms with Crippen molar-refractivity contribution < 1.29 is 19.4 Å². The largest absolute Gasteiger partial charge is 0.507 e. The first-order valence-corrected chi connectivity index (χ1v) is 12.3. The lowest BCUT2D eigenvalue weighted by Crippen LogP contribution is -2.38. The van der Waals surface area contributed by atoms with Gasteiger partial charge in [-0.3, -0.25) is 14.6 Å².